The van der Waals surface area contributed by atoms with Gasteiger partial charge in [0, 0.05) is 23.5 Å². The van der Waals surface area contributed by atoms with E-state index >= 15 is 0 Å². The van der Waals surface area contributed by atoms with Crippen molar-refractivity contribution >= 4 is 18.7 Å². The Bertz CT molecular complexity index is 779. The van der Waals surface area contributed by atoms with Crippen molar-refractivity contribution in [1.82, 2.24) is 4.98 Å². The first-order valence-corrected chi connectivity index (χ1v) is 9.61. The van der Waals surface area contributed by atoms with Crippen molar-refractivity contribution in [3.8, 4) is 5.75 Å². The van der Waals surface area contributed by atoms with E-state index in [1.165, 1.54) is 0 Å². The van der Waals surface area contributed by atoms with Gasteiger partial charge in [0.05, 0.1) is 26.2 Å². The minimum atomic E-state index is -4.35. The number of hydrogen-bond donors (Lipinski definition) is 2. The molecule has 0 bridgehead atoms. The summed E-state index contributed by atoms with van der Waals surface area (Å²) in [5.41, 5.74) is 1.03. The molecule has 0 spiro atoms. The first-order valence-electron chi connectivity index (χ1n) is 8.15. The van der Waals surface area contributed by atoms with Crippen LogP contribution in [0.25, 0.3) is 10.9 Å². The summed E-state index contributed by atoms with van der Waals surface area (Å²) in [6.07, 6.45) is 2.53. The highest BCUT2D eigenvalue weighted by atomic mass is 31.2. The molecule has 140 valence electrons. The number of phosphoric acid groups is 1. The topological polar surface area (TPSA) is 94.6 Å². The Morgan fingerprint density at radius 1 is 1.32 bits per heavy atom. The van der Waals surface area contributed by atoms with Gasteiger partial charge in [0.2, 0.25) is 0 Å². The van der Waals surface area contributed by atoms with Gasteiger partial charge in [-0.15, -0.1) is 0 Å². The van der Waals surface area contributed by atoms with Crippen molar-refractivity contribution < 1.29 is 28.1 Å². The molecule has 0 amide bonds. The van der Waals surface area contributed by atoms with Crippen LogP contribution in [0.15, 0.2) is 24.4 Å². The lowest BCUT2D eigenvalue weighted by Gasteiger charge is -2.35. The number of rotatable bonds is 7. The van der Waals surface area contributed by atoms with Crippen molar-refractivity contribution in [3.63, 3.8) is 0 Å². The molecule has 0 saturated carbocycles. The zero-order valence-corrected chi connectivity index (χ0v) is 16.3. The molecule has 0 aliphatic rings. The number of phosphoric ester groups is 1. The van der Waals surface area contributed by atoms with Gasteiger partial charge in [-0.25, -0.2) is 0 Å². The van der Waals surface area contributed by atoms with Crippen LogP contribution < -0.4 is 4.89 Å². The highest BCUT2D eigenvalue weighted by Gasteiger charge is 2.25. The van der Waals surface area contributed by atoms with Gasteiger partial charge in [-0.05, 0) is 38.5 Å². The summed E-state index contributed by atoms with van der Waals surface area (Å²) in [6, 6.07) is 5.34. The number of aromatic hydroxyl groups is 1. The fraction of sp³-hybridized carbons (Fsp3) is 0.529. The van der Waals surface area contributed by atoms with Crippen LogP contribution in [0.5, 0.6) is 5.75 Å². The summed E-state index contributed by atoms with van der Waals surface area (Å²) in [7, 11) is -0.592. The van der Waals surface area contributed by atoms with Crippen LogP contribution in [-0.4, -0.2) is 47.5 Å². The molecule has 2 N–H and O–H groups in total. The Hall–Kier alpha value is -1.37. The molecule has 1 heterocycles. The molecule has 0 aliphatic carbocycles. The maximum absolute atomic E-state index is 11.9. The van der Waals surface area contributed by atoms with Gasteiger partial charge in [0.25, 0.3) is 7.82 Å². The van der Waals surface area contributed by atoms with Crippen molar-refractivity contribution in [1.29, 1.82) is 0 Å². The highest BCUT2D eigenvalue weighted by molar-refractivity contribution is 7.45. The van der Waals surface area contributed by atoms with E-state index in [4.69, 9.17) is 9.05 Å². The smallest absolute Gasteiger partial charge is 0.272 e. The molecule has 0 aliphatic heterocycles. The number of nitrogens with one attached hydrogen (secondary N) is 1. The number of phenolic OH excluding ortho intramolecular Hbond substituents is 1. The van der Waals surface area contributed by atoms with Crippen LogP contribution in [0.1, 0.15) is 26.3 Å². The fourth-order valence-corrected chi connectivity index (χ4v) is 3.69. The molecule has 2 aromatic rings. The number of aromatic amines is 1. The SMILES string of the molecule is CC(C)(C)OP(=O)([O-])OC[N+](C)(C)CCc1c[nH]c2cccc(O)c12. The number of hydrogen-bond acceptors (Lipinski definition) is 5. The van der Waals surface area contributed by atoms with Gasteiger partial charge in [0.15, 0.2) is 6.73 Å². The minimum absolute atomic E-state index is 0.0226. The van der Waals surface area contributed by atoms with Crippen LogP contribution in [0.2, 0.25) is 0 Å². The lowest BCUT2D eigenvalue weighted by atomic mass is 10.1. The first-order chi connectivity index (χ1) is 11.4. The molecule has 25 heavy (non-hydrogen) atoms. The quantitative estimate of drug-likeness (QED) is 0.444. The Morgan fingerprint density at radius 2 is 2.00 bits per heavy atom. The second-order valence-electron chi connectivity index (χ2n) is 7.83. The van der Waals surface area contributed by atoms with E-state index in [-0.39, 0.29) is 12.5 Å². The predicted molar refractivity (Wildman–Crippen MR) is 95.0 cm³/mol. The van der Waals surface area contributed by atoms with Crippen LogP contribution in [0, 0.1) is 0 Å². The molecular formula is C17H27N2O5P. The number of nitrogens with zero attached hydrogens (tertiary/aromatic N) is 1. The van der Waals surface area contributed by atoms with E-state index in [2.05, 4.69) is 4.98 Å². The zero-order valence-electron chi connectivity index (χ0n) is 15.4. The third-order valence-electron chi connectivity index (χ3n) is 3.70. The number of H-pyrrole nitrogens is 1. The molecule has 1 aromatic carbocycles. The van der Waals surface area contributed by atoms with Crippen LogP contribution in [0.4, 0.5) is 0 Å². The molecule has 7 nitrogen and oxygen atoms in total. The Balaban J connectivity index is 1.98. The molecule has 1 unspecified atom stereocenters. The van der Waals surface area contributed by atoms with Gasteiger partial charge < -0.3 is 24.0 Å². The largest absolute Gasteiger partial charge is 0.756 e. The van der Waals surface area contributed by atoms with Gasteiger partial charge in [-0.1, -0.05) is 6.07 Å². The highest BCUT2D eigenvalue weighted by Crippen LogP contribution is 2.43. The average Bonchev–Trinajstić information content (AvgIpc) is 2.86. The van der Waals surface area contributed by atoms with Gasteiger partial charge in [-0.2, -0.15) is 0 Å². The molecule has 0 fully saturated rings. The van der Waals surface area contributed by atoms with Gasteiger partial charge in [-0.3, -0.25) is 9.09 Å². The van der Waals surface area contributed by atoms with Crippen molar-refractivity contribution in [2.45, 2.75) is 32.8 Å². The van der Waals surface area contributed by atoms with Crippen LogP contribution in [0.3, 0.4) is 0 Å². The number of fused-ring (bicyclic) bond motifs is 1. The number of phenols is 1. The minimum Gasteiger partial charge on any atom is -0.756 e. The fourth-order valence-electron chi connectivity index (χ4n) is 2.51. The van der Waals surface area contributed by atoms with Crippen LogP contribution in [-0.2, 0) is 20.0 Å². The summed E-state index contributed by atoms with van der Waals surface area (Å²) < 4.78 is 22.2. The van der Waals surface area contributed by atoms with E-state index < -0.39 is 13.4 Å². The molecule has 8 heteroatoms. The molecule has 0 saturated heterocycles. The van der Waals surface area contributed by atoms with E-state index in [0.29, 0.717) is 17.4 Å². The van der Waals surface area contributed by atoms with Crippen molar-refractivity contribution in [2.24, 2.45) is 0 Å². The zero-order chi connectivity index (χ0) is 18.9. The predicted octanol–water partition coefficient (Wildman–Crippen LogP) is 2.75. The van der Waals surface area contributed by atoms with E-state index in [1.807, 2.05) is 26.4 Å². The lowest BCUT2D eigenvalue weighted by molar-refractivity contribution is -0.906. The number of likely N-dealkylation sites (N-methyl/N-ethyl adjacent to an activating group) is 1. The Labute approximate surface area is 148 Å². The molecular weight excluding hydrogens is 343 g/mol. The summed E-state index contributed by atoms with van der Waals surface area (Å²) in [4.78, 5) is 15.0. The summed E-state index contributed by atoms with van der Waals surface area (Å²) >= 11 is 0. The second-order valence-corrected chi connectivity index (χ2v) is 9.17. The maximum atomic E-state index is 11.9. The summed E-state index contributed by atoms with van der Waals surface area (Å²) in [6.45, 7) is 5.58. The summed E-state index contributed by atoms with van der Waals surface area (Å²) in [5, 5.41) is 10.8. The molecule has 0 radical (unpaired) electrons. The maximum Gasteiger partial charge on any atom is 0.272 e. The molecule has 1 aromatic heterocycles. The van der Waals surface area contributed by atoms with Gasteiger partial charge >= 0.3 is 0 Å². The third kappa shape index (κ3) is 5.83. The average molecular weight is 370 g/mol. The van der Waals surface area contributed by atoms with E-state index in [0.717, 1.165) is 16.5 Å². The molecule has 1 atom stereocenters. The van der Waals surface area contributed by atoms with E-state index in [1.54, 1.807) is 32.9 Å². The standard InChI is InChI=1S/C17H27N2O5P/c1-17(2,3)24-25(21,22)23-12-19(4,5)10-9-13-11-18-14-7-6-8-15(20)16(13)14/h6-8,11,18H,9-10,12H2,1-5H3,(H-,20,21,22). The normalized spacial score (nSPS) is 15.4. The van der Waals surface area contributed by atoms with Gasteiger partial charge in [0.1, 0.15) is 5.75 Å². The first kappa shape index (κ1) is 19.9. The number of aromatic nitrogens is 1. The Kier molecular flexibility index (Phi) is 5.66. The monoisotopic (exact) mass is 370 g/mol. The van der Waals surface area contributed by atoms with Crippen molar-refractivity contribution in [2.75, 3.05) is 27.4 Å². The lowest BCUT2D eigenvalue weighted by Crippen LogP contribution is -2.43. The number of benzene rings is 1. The van der Waals surface area contributed by atoms with E-state index in [9.17, 15) is 14.6 Å². The van der Waals surface area contributed by atoms with Crippen molar-refractivity contribution in [3.05, 3.63) is 30.0 Å². The molecule has 2 rings (SSSR count). The second kappa shape index (κ2) is 7.09. The third-order valence-corrected chi connectivity index (χ3v) is 4.91. The summed E-state index contributed by atoms with van der Waals surface area (Å²) in [5.74, 6) is 0.234. The Morgan fingerprint density at radius 3 is 2.64 bits per heavy atom. The number of quaternary nitrogens is 1. The van der Waals surface area contributed by atoms with Crippen LogP contribution >= 0.6 is 7.82 Å².